The van der Waals surface area contributed by atoms with Crippen LogP contribution in [-0.4, -0.2) is 18.8 Å². The van der Waals surface area contributed by atoms with Crippen LogP contribution in [-0.2, 0) is 9.53 Å². The number of hydrogen-bond donors (Lipinski definition) is 1. The second-order valence-corrected chi connectivity index (χ2v) is 4.54. The van der Waals surface area contributed by atoms with Gasteiger partial charge in [-0.3, -0.25) is 4.79 Å². The Morgan fingerprint density at radius 3 is 2.93 bits per heavy atom. The van der Waals surface area contributed by atoms with E-state index in [0.717, 1.165) is 0 Å². The second-order valence-electron chi connectivity index (χ2n) is 2.67. The molecule has 0 aromatic heterocycles. The summed E-state index contributed by atoms with van der Waals surface area (Å²) in [6.45, 7) is 0. The van der Waals surface area contributed by atoms with Crippen LogP contribution in [0, 0.1) is 5.82 Å². The largest absolute Gasteiger partial charge is 0.468 e. The first-order valence-corrected chi connectivity index (χ1v) is 5.76. The van der Waals surface area contributed by atoms with E-state index in [-0.39, 0.29) is 11.7 Å². The van der Waals surface area contributed by atoms with E-state index >= 15 is 0 Å². The molecule has 1 rings (SSSR count). The van der Waals surface area contributed by atoms with Crippen molar-refractivity contribution in [1.82, 2.24) is 0 Å². The third-order valence-electron chi connectivity index (χ3n) is 1.63. The fourth-order valence-electron chi connectivity index (χ4n) is 0.865. The van der Waals surface area contributed by atoms with Crippen molar-refractivity contribution in [3.05, 3.63) is 22.4 Å². The molecule has 0 radical (unpaired) electrons. The predicted octanol–water partition coefficient (Wildman–Crippen LogP) is 2.44. The maximum atomic E-state index is 13.0. The quantitative estimate of drug-likeness (QED) is 0.528. The molecular formula is C9H9BrFNO2S. The number of ether oxygens (including phenoxy) is 1. The van der Waals surface area contributed by atoms with Crippen molar-refractivity contribution in [1.29, 1.82) is 0 Å². The Balaban J connectivity index is 2.77. The lowest BCUT2D eigenvalue weighted by molar-refractivity contribution is -0.137. The predicted molar refractivity (Wildman–Crippen MR) is 61.3 cm³/mol. The van der Waals surface area contributed by atoms with Gasteiger partial charge >= 0.3 is 5.97 Å². The van der Waals surface area contributed by atoms with Crippen molar-refractivity contribution in [3.8, 4) is 0 Å². The Morgan fingerprint density at radius 1 is 1.67 bits per heavy atom. The van der Waals surface area contributed by atoms with Crippen molar-refractivity contribution < 1.29 is 13.9 Å². The van der Waals surface area contributed by atoms with E-state index in [1.807, 2.05) is 0 Å². The minimum Gasteiger partial charge on any atom is -0.468 e. The molecule has 0 heterocycles. The van der Waals surface area contributed by atoms with E-state index < -0.39 is 5.82 Å². The molecule has 0 saturated heterocycles. The molecule has 1 aromatic carbocycles. The van der Waals surface area contributed by atoms with Crippen molar-refractivity contribution in [2.45, 2.75) is 4.90 Å². The van der Waals surface area contributed by atoms with E-state index in [1.165, 1.54) is 31.0 Å². The summed E-state index contributed by atoms with van der Waals surface area (Å²) in [4.78, 5) is 11.5. The molecule has 0 bridgehead atoms. The number of nitrogens with two attached hydrogens (primary N) is 1. The third-order valence-corrected chi connectivity index (χ3v) is 3.28. The number of rotatable bonds is 3. The summed E-state index contributed by atoms with van der Waals surface area (Å²) in [5.74, 6) is -0.617. The standard InChI is InChI=1S/C9H9BrFNO2S/c1-14-9(13)4-15-8-2-5(10)6(11)3-7(8)12/h2-3H,4,12H2,1H3. The number of esters is 1. The Labute approximate surface area is 99.3 Å². The summed E-state index contributed by atoms with van der Waals surface area (Å²) >= 11 is 4.25. The minimum atomic E-state index is -0.421. The molecule has 3 nitrogen and oxygen atoms in total. The van der Waals surface area contributed by atoms with E-state index in [2.05, 4.69) is 20.7 Å². The zero-order valence-corrected chi connectivity index (χ0v) is 10.3. The second kappa shape index (κ2) is 5.37. The number of hydrogen-bond acceptors (Lipinski definition) is 4. The number of methoxy groups -OCH3 is 1. The van der Waals surface area contributed by atoms with Gasteiger partial charge in [0, 0.05) is 10.6 Å². The highest BCUT2D eigenvalue weighted by molar-refractivity contribution is 9.10. The van der Waals surface area contributed by atoms with Crippen LogP contribution in [0.25, 0.3) is 0 Å². The molecule has 0 fully saturated rings. The molecule has 6 heteroatoms. The first-order chi connectivity index (χ1) is 7.04. The van der Waals surface area contributed by atoms with Crippen LogP contribution >= 0.6 is 27.7 Å². The first kappa shape index (κ1) is 12.3. The first-order valence-electron chi connectivity index (χ1n) is 3.98. The van der Waals surface area contributed by atoms with Crippen molar-refractivity contribution in [2.75, 3.05) is 18.6 Å². The van der Waals surface area contributed by atoms with Crippen molar-refractivity contribution in [2.24, 2.45) is 0 Å². The van der Waals surface area contributed by atoms with E-state index in [0.29, 0.717) is 15.1 Å². The average molecular weight is 294 g/mol. The van der Waals surface area contributed by atoms with Gasteiger partial charge in [-0.25, -0.2) is 4.39 Å². The molecule has 0 saturated carbocycles. The van der Waals surface area contributed by atoms with E-state index in [1.54, 1.807) is 0 Å². The fraction of sp³-hybridized carbons (Fsp3) is 0.222. The SMILES string of the molecule is COC(=O)CSc1cc(Br)c(F)cc1N. The number of thioether (sulfide) groups is 1. The van der Waals surface area contributed by atoms with Gasteiger partial charge < -0.3 is 10.5 Å². The van der Waals surface area contributed by atoms with E-state index in [9.17, 15) is 9.18 Å². The number of benzene rings is 1. The summed E-state index contributed by atoms with van der Waals surface area (Å²) in [5.41, 5.74) is 5.89. The normalized spacial score (nSPS) is 10.1. The van der Waals surface area contributed by atoms with Crippen molar-refractivity contribution >= 4 is 39.3 Å². The number of carbonyl (C=O) groups is 1. The van der Waals surface area contributed by atoms with Gasteiger partial charge in [0.15, 0.2) is 0 Å². The molecule has 0 unspecified atom stereocenters. The van der Waals surface area contributed by atoms with Crippen LogP contribution in [0.4, 0.5) is 10.1 Å². The molecule has 0 aliphatic carbocycles. The highest BCUT2D eigenvalue weighted by atomic mass is 79.9. The molecule has 0 aliphatic rings. The smallest absolute Gasteiger partial charge is 0.315 e. The fourth-order valence-corrected chi connectivity index (χ4v) is 2.18. The lowest BCUT2D eigenvalue weighted by Crippen LogP contribution is -2.03. The maximum absolute atomic E-state index is 13.0. The summed E-state index contributed by atoms with van der Waals surface area (Å²) in [7, 11) is 1.31. The molecule has 0 amide bonds. The number of halogens is 2. The van der Waals surface area contributed by atoms with Crippen LogP contribution in [0.2, 0.25) is 0 Å². The lowest BCUT2D eigenvalue weighted by atomic mass is 10.3. The van der Waals surface area contributed by atoms with Crippen LogP contribution in [0.3, 0.4) is 0 Å². The zero-order chi connectivity index (χ0) is 11.4. The Morgan fingerprint density at radius 2 is 2.33 bits per heavy atom. The topological polar surface area (TPSA) is 52.3 Å². The van der Waals surface area contributed by atoms with E-state index in [4.69, 9.17) is 5.73 Å². The van der Waals surface area contributed by atoms with Crippen molar-refractivity contribution in [3.63, 3.8) is 0 Å². The Hall–Kier alpha value is -0.750. The summed E-state index contributed by atoms with van der Waals surface area (Å²) in [6, 6.07) is 2.75. The molecule has 0 atom stereocenters. The van der Waals surface area contributed by atoms with Crippen LogP contribution in [0.15, 0.2) is 21.5 Å². The number of anilines is 1. The molecule has 0 aliphatic heterocycles. The zero-order valence-electron chi connectivity index (χ0n) is 7.92. The maximum Gasteiger partial charge on any atom is 0.315 e. The van der Waals surface area contributed by atoms with Gasteiger partial charge in [0.2, 0.25) is 0 Å². The highest BCUT2D eigenvalue weighted by Crippen LogP contribution is 2.30. The van der Waals surface area contributed by atoms with Crippen LogP contribution < -0.4 is 5.73 Å². The molecule has 0 spiro atoms. The Bertz CT molecular complexity index is 387. The molecule has 1 aromatic rings. The summed E-state index contributed by atoms with van der Waals surface area (Å²) < 4.78 is 17.8. The highest BCUT2D eigenvalue weighted by Gasteiger charge is 2.08. The molecular weight excluding hydrogens is 285 g/mol. The van der Waals surface area contributed by atoms with Gasteiger partial charge in [0.1, 0.15) is 5.82 Å². The monoisotopic (exact) mass is 293 g/mol. The van der Waals surface area contributed by atoms with Gasteiger partial charge in [-0.2, -0.15) is 0 Å². The van der Waals surface area contributed by atoms with Gasteiger partial charge in [-0.1, -0.05) is 0 Å². The number of nitrogen functional groups attached to an aromatic ring is 1. The average Bonchev–Trinajstić information content (AvgIpc) is 2.21. The Kier molecular flexibility index (Phi) is 4.41. The summed E-state index contributed by atoms with van der Waals surface area (Å²) in [5, 5.41) is 0. The van der Waals surface area contributed by atoms with Gasteiger partial charge in [-0.05, 0) is 28.1 Å². The summed E-state index contributed by atoms with van der Waals surface area (Å²) in [6.07, 6.45) is 0. The van der Waals surface area contributed by atoms with Crippen LogP contribution in [0.1, 0.15) is 0 Å². The number of carbonyl (C=O) groups excluding carboxylic acids is 1. The molecule has 82 valence electrons. The lowest BCUT2D eigenvalue weighted by Gasteiger charge is -2.05. The molecule has 2 N–H and O–H groups in total. The van der Waals surface area contributed by atoms with Crippen LogP contribution in [0.5, 0.6) is 0 Å². The molecule has 15 heavy (non-hydrogen) atoms. The minimum absolute atomic E-state index is 0.152. The van der Waals surface area contributed by atoms with Gasteiger partial charge in [0.05, 0.1) is 17.3 Å². The van der Waals surface area contributed by atoms with Gasteiger partial charge in [-0.15, -0.1) is 11.8 Å². The van der Waals surface area contributed by atoms with Gasteiger partial charge in [0.25, 0.3) is 0 Å². The third kappa shape index (κ3) is 3.39.